The third-order valence-electron chi connectivity index (χ3n) is 3.96. The van der Waals surface area contributed by atoms with Crippen molar-refractivity contribution in [3.63, 3.8) is 0 Å². The average Bonchev–Trinajstić information content (AvgIpc) is 2.80. The highest BCUT2D eigenvalue weighted by molar-refractivity contribution is 5.92. The number of rotatable bonds is 3. The molecule has 1 fully saturated rings. The number of carbonyl (C=O) groups excluding carboxylic acids is 1. The summed E-state index contributed by atoms with van der Waals surface area (Å²) in [6.45, 7) is 0.413. The fourth-order valence-electron chi connectivity index (χ4n) is 2.70. The SMILES string of the molecule is O=C(NC1(C(=O)O)CCOC1)C1Cc2ccccc21. The first-order valence-electron chi connectivity index (χ1n) is 6.33. The molecule has 0 bridgehead atoms. The highest BCUT2D eigenvalue weighted by Gasteiger charge is 2.46. The van der Waals surface area contributed by atoms with Gasteiger partial charge in [-0.3, -0.25) is 4.79 Å². The van der Waals surface area contributed by atoms with Gasteiger partial charge in [-0.2, -0.15) is 0 Å². The monoisotopic (exact) mass is 261 g/mol. The molecule has 1 aliphatic heterocycles. The van der Waals surface area contributed by atoms with E-state index in [0.717, 1.165) is 11.1 Å². The van der Waals surface area contributed by atoms with Gasteiger partial charge in [-0.15, -0.1) is 0 Å². The van der Waals surface area contributed by atoms with Gasteiger partial charge in [0, 0.05) is 13.0 Å². The smallest absolute Gasteiger partial charge is 0.331 e. The minimum absolute atomic E-state index is 0.0441. The lowest BCUT2D eigenvalue weighted by Gasteiger charge is -2.32. The maximum absolute atomic E-state index is 12.2. The van der Waals surface area contributed by atoms with Gasteiger partial charge in [-0.25, -0.2) is 4.79 Å². The molecule has 2 unspecified atom stereocenters. The molecule has 2 atom stereocenters. The van der Waals surface area contributed by atoms with E-state index in [2.05, 4.69) is 5.32 Å². The van der Waals surface area contributed by atoms with Crippen molar-refractivity contribution in [3.8, 4) is 0 Å². The van der Waals surface area contributed by atoms with Crippen molar-refractivity contribution in [3.05, 3.63) is 35.4 Å². The van der Waals surface area contributed by atoms with Gasteiger partial charge < -0.3 is 15.2 Å². The quantitative estimate of drug-likeness (QED) is 0.839. The van der Waals surface area contributed by atoms with Crippen LogP contribution in [0.3, 0.4) is 0 Å². The maximum atomic E-state index is 12.2. The van der Waals surface area contributed by atoms with Gasteiger partial charge >= 0.3 is 5.97 Å². The van der Waals surface area contributed by atoms with Gasteiger partial charge in [0.05, 0.1) is 12.5 Å². The van der Waals surface area contributed by atoms with Crippen molar-refractivity contribution < 1.29 is 19.4 Å². The molecule has 100 valence electrons. The van der Waals surface area contributed by atoms with Crippen molar-refractivity contribution >= 4 is 11.9 Å². The third kappa shape index (κ3) is 1.90. The molecule has 5 nitrogen and oxygen atoms in total. The standard InChI is InChI=1S/C14H15NO4/c16-12(11-7-9-3-1-2-4-10(9)11)15-14(13(17)18)5-6-19-8-14/h1-4,11H,5-8H2,(H,15,16)(H,17,18). The second-order valence-electron chi connectivity index (χ2n) is 5.13. The van der Waals surface area contributed by atoms with Crippen LogP contribution in [0.15, 0.2) is 24.3 Å². The number of benzene rings is 1. The summed E-state index contributed by atoms with van der Waals surface area (Å²) in [4.78, 5) is 23.6. The van der Waals surface area contributed by atoms with Crippen molar-refractivity contribution in [2.45, 2.75) is 24.3 Å². The first kappa shape index (κ1) is 12.2. The van der Waals surface area contributed by atoms with E-state index in [1.165, 1.54) is 0 Å². The molecule has 0 spiro atoms. The second kappa shape index (κ2) is 4.35. The summed E-state index contributed by atoms with van der Waals surface area (Å²) in [5.41, 5.74) is 0.913. The highest BCUT2D eigenvalue weighted by Crippen LogP contribution is 2.35. The molecule has 1 aliphatic carbocycles. The normalized spacial score (nSPS) is 28.3. The lowest BCUT2D eigenvalue weighted by Crippen LogP contribution is -2.57. The molecule has 1 amide bonds. The number of carbonyl (C=O) groups is 2. The maximum Gasteiger partial charge on any atom is 0.331 e. The number of ether oxygens (including phenoxy) is 1. The van der Waals surface area contributed by atoms with E-state index in [0.29, 0.717) is 19.4 Å². The number of nitrogens with one attached hydrogen (secondary N) is 1. The zero-order valence-electron chi connectivity index (χ0n) is 10.4. The number of carboxylic acid groups (broad SMARTS) is 1. The first-order valence-corrected chi connectivity index (χ1v) is 6.33. The molecule has 1 aromatic rings. The summed E-state index contributed by atoms with van der Waals surface area (Å²) in [6, 6.07) is 7.74. The second-order valence-corrected chi connectivity index (χ2v) is 5.13. The Kier molecular flexibility index (Phi) is 2.78. The van der Waals surface area contributed by atoms with Crippen LogP contribution in [0.1, 0.15) is 23.5 Å². The van der Waals surface area contributed by atoms with Crippen molar-refractivity contribution in [1.82, 2.24) is 5.32 Å². The molecule has 19 heavy (non-hydrogen) atoms. The minimum Gasteiger partial charge on any atom is -0.479 e. The number of hydrogen-bond donors (Lipinski definition) is 2. The predicted molar refractivity (Wildman–Crippen MR) is 66.8 cm³/mol. The van der Waals surface area contributed by atoms with Crippen molar-refractivity contribution in [2.24, 2.45) is 0 Å². The molecule has 5 heteroatoms. The summed E-state index contributed by atoms with van der Waals surface area (Å²) in [6.07, 6.45) is 1.00. The summed E-state index contributed by atoms with van der Waals surface area (Å²) < 4.78 is 5.13. The Hall–Kier alpha value is -1.88. The molecular formula is C14H15NO4. The predicted octanol–water partition coefficient (Wildman–Crippen LogP) is 0.686. The summed E-state index contributed by atoms with van der Waals surface area (Å²) in [5.74, 6) is -1.47. The van der Waals surface area contributed by atoms with Crippen molar-refractivity contribution in [2.75, 3.05) is 13.2 Å². The minimum atomic E-state index is -1.25. The molecular weight excluding hydrogens is 246 g/mol. The topological polar surface area (TPSA) is 75.6 Å². The van der Waals surface area contributed by atoms with E-state index in [-0.39, 0.29) is 18.4 Å². The van der Waals surface area contributed by atoms with Crippen LogP contribution in [0.25, 0.3) is 0 Å². The van der Waals surface area contributed by atoms with Crippen molar-refractivity contribution in [1.29, 1.82) is 0 Å². The van der Waals surface area contributed by atoms with Crippen LogP contribution >= 0.6 is 0 Å². The Bertz CT molecular complexity index is 534. The molecule has 2 aliphatic rings. The number of carboxylic acids is 1. The lowest BCUT2D eigenvalue weighted by molar-refractivity contribution is -0.148. The first-order chi connectivity index (χ1) is 9.12. The van der Waals surface area contributed by atoms with Crippen LogP contribution in [-0.4, -0.2) is 35.7 Å². The number of aliphatic carboxylic acids is 1. The van der Waals surface area contributed by atoms with E-state index in [4.69, 9.17) is 4.74 Å². The van der Waals surface area contributed by atoms with Crippen LogP contribution in [0.4, 0.5) is 0 Å². The molecule has 1 aromatic carbocycles. The van der Waals surface area contributed by atoms with E-state index in [1.54, 1.807) is 0 Å². The molecule has 1 heterocycles. The molecule has 3 rings (SSSR count). The Morgan fingerprint density at radius 2 is 2.16 bits per heavy atom. The van der Waals surface area contributed by atoms with Gasteiger partial charge in [-0.05, 0) is 17.5 Å². The van der Waals surface area contributed by atoms with E-state index < -0.39 is 11.5 Å². The lowest BCUT2D eigenvalue weighted by atomic mass is 9.76. The summed E-state index contributed by atoms with van der Waals surface area (Å²) in [5, 5.41) is 12.0. The zero-order chi connectivity index (χ0) is 13.5. The van der Waals surface area contributed by atoms with Gasteiger partial charge in [0.1, 0.15) is 0 Å². The molecule has 0 saturated carbocycles. The number of amides is 1. The van der Waals surface area contributed by atoms with Gasteiger partial charge in [-0.1, -0.05) is 24.3 Å². The zero-order valence-corrected chi connectivity index (χ0v) is 10.4. The van der Waals surface area contributed by atoms with E-state index in [1.807, 2.05) is 24.3 Å². The summed E-state index contributed by atoms with van der Waals surface area (Å²) in [7, 11) is 0. The van der Waals surface area contributed by atoms with Crippen LogP contribution in [-0.2, 0) is 20.7 Å². The molecule has 0 aromatic heterocycles. The van der Waals surface area contributed by atoms with Gasteiger partial charge in [0.15, 0.2) is 5.54 Å². The summed E-state index contributed by atoms with van der Waals surface area (Å²) >= 11 is 0. The Morgan fingerprint density at radius 3 is 2.79 bits per heavy atom. The number of fused-ring (bicyclic) bond motifs is 1. The largest absolute Gasteiger partial charge is 0.479 e. The average molecular weight is 261 g/mol. The molecule has 2 N–H and O–H groups in total. The Balaban J connectivity index is 1.75. The van der Waals surface area contributed by atoms with Crippen LogP contribution in [0, 0.1) is 0 Å². The molecule has 1 saturated heterocycles. The van der Waals surface area contributed by atoms with Gasteiger partial charge in [0.2, 0.25) is 5.91 Å². The van der Waals surface area contributed by atoms with E-state index >= 15 is 0 Å². The van der Waals surface area contributed by atoms with E-state index in [9.17, 15) is 14.7 Å². The number of hydrogen-bond acceptors (Lipinski definition) is 3. The Labute approximate surface area is 110 Å². The fourth-order valence-corrected chi connectivity index (χ4v) is 2.70. The highest BCUT2D eigenvalue weighted by atomic mass is 16.5. The Morgan fingerprint density at radius 1 is 1.37 bits per heavy atom. The molecule has 0 radical (unpaired) electrons. The van der Waals surface area contributed by atoms with Crippen LogP contribution in [0.2, 0.25) is 0 Å². The van der Waals surface area contributed by atoms with Gasteiger partial charge in [0.25, 0.3) is 0 Å². The van der Waals surface area contributed by atoms with Crippen LogP contribution in [0.5, 0.6) is 0 Å². The third-order valence-corrected chi connectivity index (χ3v) is 3.96. The van der Waals surface area contributed by atoms with Crippen LogP contribution < -0.4 is 5.32 Å². The fraction of sp³-hybridized carbons (Fsp3) is 0.429.